The van der Waals surface area contributed by atoms with Crippen LogP contribution in [0.3, 0.4) is 0 Å². The Hall–Kier alpha value is -2.86. The molecule has 9 nitrogen and oxygen atoms in total. The molecule has 0 bridgehead atoms. The first-order chi connectivity index (χ1) is 21.1. The molecule has 11 heteroatoms. The van der Waals surface area contributed by atoms with Crippen molar-refractivity contribution in [1.82, 2.24) is 23.9 Å². The molecule has 3 heterocycles. The van der Waals surface area contributed by atoms with Crippen LogP contribution < -0.4 is 0 Å². The third-order valence-electron chi connectivity index (χ3n) is 10.1. The van der Waals surface area contributed by atoms with E-state index in [9.17, 15) is 17.6 Å². The zero-order chi connectivity index (χ0) is 31.2. The van der Waals surface area contributed by atoms with Gasteiger partial charge in [-0.25, -0.2) is 17.1 Å². The third kappa shape index (κ3) is 6.03. The fourth-order valence-electron chi connectivity index (χ4n) is 7.26. The molecule has 2 saturated heterocycles. The maximum absolute atomic E-state index is 14.6. The van der Waals surface area contributed by atoms with Gasteiger partial charge in [0.2, 0.25) is 10.0 Å². The number of sulfonamides is 1. The summed E-state index contributed by atoms with van der Waals surface area (Å²) in [5.41, 5.74) is 4.17. The highest BCUT2D eigenvalue weighted by Crippen LogP contribution is 2.39. The Kier molecular flexibility index (Phi) is 8.85. The van der Waals surface area contributed by atoms with Crippen LogP contribution in [0, 0.1) is 11.7 Å². The van der Waals surface area contributed by atoms with Gasteiger partial charge in [-0.05, 0) is 86.4 Å². The lowest BCUT2D eigenvalue weighted by Crippen LogP contribution is -2.48. The number of fused-ring (bicyclic) bond motifs is 1. The highest BCUT2D eigenvalue weighted by molar-refractivity contribution is 7.89. The Morgan fingerprint density at radius 2 is 1.86 bits per heavy atom. The summed E-state index contributed by atoms with van der Waals surface area (Å²) >= 11 is 0. The Bertz CT molecular complexity index is 1630. The average Bonchev–Trinajstić information content (AvgIpc) is 3.38. The van der Waals surface area contributed by atoms with E-state index >= 15 is 0 Å². The number of amides is 1. The van der Waals surface area contributed by atoms with E-state index in [4.69, 9.17) is 4.74 Å². The minimum absolute atomic E-state index is 0.0848. The maximum atomic E-state index is 14.6. The normalized spacial score (nSPS) is 23.8. The molecule has 1 aliphatic carbocycles. The zero-order valence-corrected chi connectivity index (χ0v) is 27.0. The molecule has 6 rings (SSSR count). The van der Waals surface area contributed by atoms with Gasteiger partial charge in [-0.1, -0.05) is 6.07 Å². The summed E-state index contributed by atoms with van der Waals surface area (Å²) in [6.07, 6.45) is 5.75. The van der Waals surface area contributed by atoms with E-state index in [1.165, 1.54) is 17.7 Å². The first-order valence-corrected chi connectivity index (χ1v) is 17.5. The van der Waals surface area contributed by atoms with E-state index in [0.717, 1.165) is 67.3 Å². The van der Waals surface area contributed by atoms with Crippen LogP contribution in [0.25, 0.3) is 22.0 Å². The molecule has 2 aliphatic heterocycles. The zero-order valence-electron chi connectivity index (χ0n) is 26.2. The van der Waals surface area contributed by atoms with Crippen LogP contribution >= 0.6 is 0 Å². The van der Waals surface area contributed by atoms with Gasteiger partial charge in [-0.3, -0.25) is 9.48 Å². The van der Waals surface area contributed by atoms with E-state index in [0.29, 0.717) is 37.2 Å². The van der Waals surface area contributed by atoms with Crippen LogP contribution in [0.1, 0.15) is 61.4 Å². The minimum Gasteiger partial charge on any atom is -0.377 e. The van der Waals surface area contributed by atoms with Crippen molar-refractivity contribution in [3.8, 4) is 11.1 Å². The van der Waals surface area contributed by atoms with Gasteiger partial charge in [0.25, 0.3) is 5.91 Å². The van der Waals surface area contributed by atoms with Gasteiger partial charge in [0.05, 0.1) is 42.3 Å². The van der Waals surface area contributed by atoms with Crippen molar-refractivity contribution in [1.29, 1.82) is 0 Å². The van der Waals surface area contributed by atoms with Crippen molar-refractivity contribution < 1.29 is 22.3 Å². The SMILES string of the molecule is CCS(=O)(=O)N(C)C1CCC(CN2CC(c3cc(-c4ccc(F)cc4C(=O)N4CCOC[C@H]4C)c4cnn(C)c4c3)C2)CC1. The summed E-state index contributed by atoms with van der Waals surface area (Å²) in [7, 11) is 0.499. The molecular formula is C33H44FN5O4S. The van der Waals surface area contributed by atoms with E-state index in [1.54, 1.807) is 29.2 Å². The number of benzene rings is 2. The van der Waals surface area contributed by atoms with Gasteiger partial charge in [0.1, 0.15) is 5.82 Å². The first-order valence-electron chi connectivity index (χ1n) is 15.9. The second-order valence-electron chi connectivity index (χ2n) is 12.9. The summed E-state index contributed by atoms with van der Waals surface area (Å²) in [4.78, 5) is 18.1. The van der Waals surface area contributed by atoms with Crippen molar-refractivity contribution >= 4 is 26.8 Å². The van der Waals surface area contributed by atoms with Gasteiger partial charge in [0, 0.05) is 57.6 Å². The Morgan fingerprint density at radius 1 is 1.11 bits per heavy atom. The van der Waals surface area contributed by atoms with Gasteiger partial charge >= 0.3 is 0 Å². The van der Waals surface area contributed by atoms with Gasteiger partial charge in [0.15, 0.2) is 0 Å². The largest absolute Gasteiger partial charge is 0.377 e. The van der Waals surface area contributed by atoms with Gasteiger partial charge < -0.3 is 14.5 Å². The fourth-order valence-corrected chi connectivity index (χ4v) is 8.33. The van der Waals surface area contributed by atoms with Crippen LogP contribution in [-0.4, -0.2) is 102 Å². The standard InChI is InChI=1S/C33H44FN5O4S/c1-5-44(41,42)37(4)27-9-6-23(7-10-27)18-38-19-25(20-38)24-14-29(31-17-35-36(3)32(31)15-24)28-11-8-26(34)16-30(28)33(40)39-12-13-43-21-22(39)2/h8,11,14-17,22-23,25,27H,5-7,9-10,12-13,18-21H2,1-4H3/t22-,23?,27?/m1/s1. The topological polar surface area (TPSA) is 88.0 Å². The minimum atomic E-state index is -3.15. The lowest BCUT2D eigenvalue weighted by atomic mass is 9.83. The van der Waals surface area contributed by atoms with Crippen LogP contribution in [0.15, 0.2) is 36.5 Å². The number of halogens is 1. The molecule has 2 aromatic carbocycles. The summed E-state index contributed by atoms with van der Waals surface area (Å²) in [6, 6.07) is 8.93. The second-order valence-corrected chi connectivity index (χ2v) is 15.2. The molecular weight excluding hydrogens is 581 g/mol. The molecule has 3 aliphatic rings. The smallest absolute Gasteiger partial charge is 0.254 e. The quantitative estimate of drug-likeness (QED) is 0.367. The number of carbonyl (C=O) groups is 1. The fraction of sp³-hybridized carbons (Fsp3) is 0.576. The monoisotopic (exact) mass is 625 g/mol. The van der Waals surface area contributed by atoms with Crippen molar-refractivity contribution in [2.75, 3.05) is 52.2 Å². The molecule has 3 fully saturated rings. The molecule has 0 spiro atoms. The van der Waals surface area contributed by atoms with Crippen LogP contribution in [0.2, 0.25) is 0 Å². The van der Waals surface area contributed by atoms with E-state index in [2.05, 4.69) is 22.1 Å². The van der Waals surface area contributed by atoms with Crippen LogP contribution in [0.4, 0.5) is 4.39 Å². The number of carbonyl (C=O) groups excluding carboxylic acids is 1. The van der Waals surface area contributed by atoms with Gasteiger partial charge in [-0.2, -0.15) is 5.10 Å². The van der Waals surface area contributed by atoms with Gasteiger partial charge in [-0.15, -0.1) is 0 Å². The molecule has 44 heavy (non-hydrogen) atoms. The number of aromatic nitrogens is 2. The summed E-state index contributed by atoms with van der Waals surface area (Å²) in [5.74, 6) is 0.468. The van der Waals surface area contributed by atoms with Crippen LogP contribution in [-0.2, 0) is 21.8 Å². The van der Waals surface area contributed by atoms with Crippen molar-refractivity contribution in [3.05, 3.63) is 53.5 Å². The van der Waals surface area contributed by atoms with Crippen LogP contribution in [0.5, 0.6) is 0 Å². The number of ether oxygens (including phenoxy) is 1. The Balaban J connectivity index is 1.19. The van der Waals surface area contributed by atoms with Crippen molar-refractivity contribution in [3.63, 3.8) is 0 Å². The van der Waals surface area contributed by atoms with E-state index in [1.807, 2.05) is 24.9 Å². The van der Waals surface area contributed by atoms with E-state index in [-0.39, 0.29) is 23.7 Å². The summed E-state index contributed by atoms with van der Waals surface area (Å²) < 4.78 is 48.2. The highest BCUT2D eigenvalue weighted by Gasteiger charge is 2.35. The Labute approximate surface area is 260 Å². The lowest BCUT2D eigenvalue weighted by molar-refractivity contribution is 0.00361. The molecule has 1 amide bonds. The third-order valence-corrected chi connectivity index (χ3v) is 12.0. The second kappa shape index (κ2) is 12.5. The molecule has 1 aromatic heterocycles. The number of nitrogens with zero attached hydrogens (tertiary/aromatic N) is 5. The first kappa shape index (κ1) is 31.1. The molecule has 0 unspecified atom stereocenters. The maximum Gasteiger partial charge on any atom is 0.254 e. The Morgan fingerprint density at radius 3 is 2.57 bits per heavy atom. The number of hydrogen-bond acceptors (Lipinski definition) is 6. The number of hydrogen-bond donors (Lipinski definition) is 0. The molecule has 1 saturated carbocycles. The molecule has 238 valence electrons. The number of morpholine rings is 1. The van der Waals surface area contributed by atoms with Crippen molar-refractivity contribution in [2.24, 2.45) is 13.0 Å². The molecule has 1 atom stereocenters. The predicted octanol–water partition coefficient (Wildman–Crippen LogP) is 4.48. The molecule has 0 radical (unpaired) electrons. The van der Waals surface area contributed by atoms with E-state index < -0.39 is 15.8 Å². The number of likely N-dealkylation sites (tertiary alicyclic amines) is 1. The van der Waals surface area contributed by atoms with Crippen molar-refractivity contribution in [2.45, 2.75) is 57.5 Å². The predicted molar refractivity (Wildman–Crippen MR) is 170 cm³/mol. The lowest BCUT2D eigenvalue weighted by Gasteiger charge is -2.43. The highest BCUT2D eigenvalue weighted by atomic mass is 32.2. The average molecular weight is 626 g/mol. The number of rotatable bonds is 8. The summed E-state index contributed by atoms with van der Waals surface area (Å²) in [6.45, 7) is 8.02. The summed E-state index contributed by atoms with van der Waals surface area (Å²) in [5, 5.41) is 5.47. The number of aryl methyl sites for hydroxylation is 1. The molecule has 3 aromatic rings. The molecule has 0 N–H and O–H groups in total.